The van der Waals surface area contributed by atoms with Crippen LogP contribution in [0, 0.1) is 0 Å². The van der Waals surface area contributed by atoms with Crippen LogP contribution in [-0.2, 0) is 11.2 Å². The summed E-state index contributed by atoms with van der Waals surface area (Å²) in [4.78, 5) is 15.9. The van der Waals surface area contributed by atoms with Crippen molar-refractivity contribution in [3.05, 3.63) is 52.8 Å². The molecule has 0 saturated carbocycles. The molecule has 20 heavy (non-hydrogen) atoms. The third-order valence-electron chi connectivity index (χ3n) is 2.81. The number of methoxy groups -OCH3 is 1. The summed E-state index contributed by atoms with van der Waals surface area (Å²) in [6.07, 6.45) is 2.75. The highest BCUT2D eigenvalue weighted by Gasteiger charge is 2.04. The van der Waals surface area contributed by atoms with Crippen LogP contribution in [0.4, 0.5) is 5.69 Å². The number of benzene rings is 1. The summed E-state index contributed by atoms with van der Waals surface area (Å²) in [5.41, 5.74) is 1.81. The fraction of sp³-hybridized carbons (Fsp3) is 0.200. The van der Waals surface area contributed by atoms with Crippen LogP contribution in [0.5, 0.6) is 5.75 Å². The van der Waals surface area contributed by atoms with Crippen molar-refractivity contribution in [1.29, 1.82) is 0 Å². The zero-order chi connectivity index (χ0) is 14.4. The number of ether oxygens (including phenoxy) is 1. The van der Waals surface area contributed by atoms with Crippen molar-refractivity contribution in [3.8, 4) is 5.75 Å². The highest BCUT2D eigenvalue weighted by Crippen LogP contribution is 2.14. The van der Waals surface area contributed by atoms with Gasteiger partial charge in [-0.3, -0.25) is 4.79 Å². The van der Waals surface area contributed by atoms with E-state index in [1.54, 1.807) is 19.4 Å². The number of carbonyl (C=O) groups is 1. The number of aromatic nitrogens is 1. The molecule has 1 N–H and O–H groups in total. The SMILES string of the molecule is COc1ccc(CCC(=O)Nc2ccc(Br)nc2)cc1. The van der Waals surface area contributed by atoms with E-state index < -0.39 is 0 Å². The zero-order valence-corrected chi connectivity index (χ0v) is 12.7. The van der Waals surface area contributed by atoms with Gasteiger partial charge < -0.3 is 10.1 Å². The summed E-state index contributed by atoms with van der Waals surface area (Å²) in [5, 5.41) is 2.81. The van der Waals surface area contributed by atoms with E-state index >= 15 is 0 Å². The first-order chi connectivity index (χ1) is 9.67. The number of hydrogen-bond donors (Lipinski definition) is 1. The van der Waals surface area contributed by atoms with Crippen LogP contribution in [0.2, 0.25) is 0 Å². The van der Waals surface area contributed by atoms with Gasteiger partial charge in [0.25, 0.3) is 0 Å². The summed E-state index contributed by atoms with van der Waals surface area (Å²) in [5.74, 6) is 0.795. The van der Waals surface area contributed by atoms with Crippen LogP contribution in [0.15, 0.2) is 47.2 Å². The number of aryl methyl sites for hydroxylation is 1. The number of carbonyl (C=O) groups excluding carboxylic acids is 1. The summed E-state index contributed by atoms with van der Waals surface area (Å²) in [7, 11) is 1.63. The molecule has 0 aliphatic heterocycles. The maximum absolute atomic E-state index is 11.8. The smallest absolute Gasteiger partial charge is 0.224 e. The van der Waals surface area contributed by atoms with E-state index in [2.05, 4.69) is 26.2 Å². The van der Waals surface area contributed by atoms with E-state index in [0.717, 1.165) is 15.9 Å². The average Bonchev–Trinajstić information content (AvgIpc) is 2.48. The third-order valence-corrected chi connectivity index (χ3v) is 3.28. The highest BCUT2D eigenvalue weighted by atomic mass is 79.9. The molecule has 0 unspecified atom stereocenters. The molecule has 0 aliphatic carbocycles. The van der Waals surface area contributed by atoms with E-state index in [0.29, 0.717) is 18.5 Å². The lowest BCUT2D eigenvalue weighted by molar-refractivity contribution is -0.116. The van der Waals surface area contributed by atoms with Crippen LogP contribution in [0.25, 0.3) is 0 Å². The Hall–Kier alpha value is -1.88. The normalized spacial score (nSPS) is 10.1. The van der Waals surface area contributed by atoms with Crippen molar-refractivity contribution in [1.82, 2.24) is 4.98 Å². The number of anilines is 1. The molecule has 0 fully saturated rings. The molecule has 0 bridgehead atoms. The molecular weight excluding hydrogens is 320 g/mol. The van der Waals surface area contributed by atoms with E-state index in [9.17, 15) is 4.79 Å². The molecule has 1 aromatic carbocycles. The maximum Gasteiger partial charge on any atom is 0.224 e. The van der Waals surface area contributed by atoms with E-state index in [-0.39, 0.29) is 5.91 Å². The van der Waals surface area contributed by atoms with Crippen LogP contribution in [0.3, 0.4) is 0 Å². The number of pyridine rings is 1. The molecule has 2 rings (SSSR count). The fourth-order valence-electron chi connectivity index (χ4n) is 1.72. The van der Waals surface area contributed by atoms with Crippen LogP contribution >= 0.6 is 15.9 Å². The second-order valence-electron chi connectivity index (χ2n) is 4.27. The monoisotopic (exact) mass is 334 g/mol. The van der Waals surface area contributed by atoms with Gasteiger partial charge in [0.1, 0.15) is 10.4 Å². The van der Waals surface area contributed by atoms with Crippen molar-refractivity contribution in [3.63, 3.8) is 0 Å². The molecule has 0 saturated heterocycles. The molecule has 5 heteroatoms. The number of nitrogens with one attached hydrogen (secondary N) is 1. The molecule has 0 spiro atoms. The Kier molecular flexibility index (Phi) is 5.12. The van der Waals surface area contributed by atoms with Gasteiger partial charge in [-0.15, -0.1) is 0 Å². The van der Waals surface area contributed by atoms with Gasteiger partial charge in [0.2, 0.25) is 5.91 Å². The Labute approximate surface area is 126 Å². The van der Waals surface area contributed by atoms with Gasteiger partial charge in [0.05, 0.1) is 19.0 Å². The van der Waals surface area contributed by atoms with Crippen LogP contribution in [-0.4, -0.2) is 18.0 Å². The molecule has 4 nitrogen and oxygen atoms in total. The lowest BCUT2D eigenvalue weighted by Crippen LogP contribution is -2.12. The first kappa shape index (κ1) is 14.5. The van der Waals surface area contributed by atoms with Crippen LogP contribution < -0.4 is 10.1 Å². The van der Waals surface area contributed by atoms with Crippen molar-refractivity contribution >= 4 is 27.5 Å². The molecule has 1 amide bonds. The molecular formula is C15H15BrN2O2. The van der Waals surface area contributed by atoms with Crippen molar-refractivity contribution in [2.24, 2.45) is 0 Å². The molecule has 0 aliphatic rings. The Morgan fingerprint density at radius 3 is 2.60 bits per heavy atom. The van der Waals surface area contributed by atoms with Crippen molar-refractivity contribution in [2.75, 3.05) is 12.4 Å². The second-order valence-corrected chi connectivity index (χ2v) is 5.08. The zero-order valence-electron chi connectivity index (χ0n) is 11.1. The van der Waals surface area contributed by atoms with Crippen molar-refractivity contribution < 1.29 is 9.53 Å². The third kappa shape index (κ3) is 4.35. The van der Waals surface area contributed by atoms with Gasteiger partial charge >= 0.3 is 0 Å². The van der Waals surface area contributed by atoms with Gasteiger partial charge in [-0.2, -0.15) is 0 Å². The Balaban J connectivity index is 1.83. The summed E-state index contributed by atoms with van der Waals surface area (Å²) in [6.45, 7) is 0. The number of halogens is 1. The Bertz CT molecular complexity index is 567. The largest absolute Gasteiger partial charge is 0.497 e. The minimum absolute atomic E-state index is 0.0232. The summed E-state index contributed by atoms with van der Waals surface area (Å²) < 4.78 is 5.84. The first-order valence-electron chi connectivity index (χ1n) is 6.22. The predicted octanol–water partition coefficient (Wildman–Crippen LogP) is 3.42. The number of hydrogen-bond acceptors (Lipinski definition) is 3. The molecule has 104 valence electrons. The van der Waals surface area contributed by atoms with Gasteiger partial charge in [0.15, 0.2) is 0 Å². The van der Waals surface area contributed by atoms with Gasteiger partial charge in [0, 0.05) is 6.42 Å². The predicted molar refractivity (Wildman–Crippen MR) is 81.9 cm³/mol. The van der Waals surface area contributed by atoms with Gasteiger partial charge in [-0.25, -0.2) is 4.98 Å². The van der Waals surface area contributed by atoms with Gasteiger partial charge in [-0.05, 0) is 52.2 Å². The molecule has 1 heterocycles. The first-order valence-corrected chi connectivity index (χ1v) is 7.01. The standard InChI is InChI=1S/C15H15BrN2O2/c1-20-13-6-2-11(3-7-13)4-9-15(19)18-12-5-8-14(16)17-10-12/h2-3,5-8,10H,4,9H2,1H3,(H,18,19). The number of rotatable bonds is 5. The van der Waals surface area contributed by atoms with Crippen LogP contribution in [0.1, 0.15) is 12.0 Å². The number of amides is 1. The average molecular weight is 335 g/mol. The lowest BCUT2D eigenvalue weighted by Gasteiger charge is -2.06. The lowest BCUT2D eigenvalue weighted by atomic mass is 10.1. The Morgan fingerprint density at radius 1 is 1.25 bits per heavy atom. The van der Waals surface area contributed by atoms with E-state index in [4.69, 9.17) is 4.74 Å². The van der Waals surface area contributed by atoms with E-state index in [1.165, 1.54) is 0 Å². The van der Waals surface area contributed by atoms with Crippen molar-refractivity contribution in [2.45, 2.75) is 12.8 Å². The second kappa shape index (κ2) is 7.05. The molecule has 1 aromatic heterocycles. The molecule has 0 radical (unpaired) electrons. The quantitative estimate of drug-likeness (QED) is 0.852. The van der Waals surface area contributed by atoms with E-state index in [1.807, 2.05) is 30.3 Å². The summed E-state index contributed by atoms with van der Waals surface area (Å²) >= 11 is 3.25. The summed E-state index contributed by atoms with van der Waals surface area (Å²) in [6, 6.07) is 11.3. The minimum Gasteiger partial charge on any atom is -0.497 e. The maximum atomic E-state index is 11.8. The fourth-order valence-corrected chi connectivity index (χ4v) is 1.96. The molecule has 0 atom stereocenters. The Morgan fingerprint density at radius 2 is 2.00 bits per heavy atom. The topological polar surface area (TPSA) is 51.2 Å². The molecule has 2 aromatic rings. The highest BCUT2D eigenvalue weighted by molar-refractivity contribution is 9.10. The number of nitrogens with zero attached hydrogens (tertiary/aromatic N) is 1. The minimum atomic E-state index is -0.0232. The van der Waals surface area contributed by atoms with Gasteiger partial charge in [-0.1, -0.05) is 12.1 Å².